The number of hydrogen-bond donors (Lipinski definition) is 2. The molecule has 0 fully saturated rings. The van der Waals surface area contributed by atoms with Crippen molar-refractivity contribution in [2.75, 3.05) is 0 Å². The van der Waals surface area contributed by atoms with E-state index in [2.05, 4.69) is 5.10 Å². The molecule has 0 amide bonds. The minimum Gasteiger partial charge on any atom is -0.384 e. The van der Waals surface area contributed by atoms with Crippen molar-refractivity contribution in [1.29, 1.82) is 5.41 Å². The smallest absolute Gasteiger partial charge is 0.307 e. The molecule has 3 N–H and O–H groups in total. The minimum atomic E-state index is -0.528. The third kappa shape index (κ3) is 1.98. The van der Waals surface area contributed by atoms with Crippen LogP contribution in [0.1, 0.15) is 5.56 Å². The van der Waals surface area contributed by atoms with E-state index < -0.39 is 4.92 Å². The zero-order valence-electron chi connectivity index (χ0n) is 8.70. The predicted octanol–water partition coefficient (Wildman–Crippen LogP) is 1.06. The second-order valence-corrected chi connectivity index (χ2v) is 3.33. The number of nitrogens with two attached hydrogens (primary N) is 1. The van der Waals surface area contributed by atoms with E-state index >= 15 is 0 Å². The summed E-state index contributed by atoms with van der Waals surface area (Å²) in [5.74, 6) is -0.112. The van der Waals surface area contributed by atoms with Crippen LogP contribution in [0.5, 0.6) is 0 Å². The van der Waals surface area contributed by atoms with Crippen LogP contribution >= 0.6 is 0 Å². The van der Waals surface area contributed by atoms with E-state index in [1.54, 1.807) is 24.3 Å². The summed E-state index contributed by atoms with van der Waals surface area (Å²) < 4.78 is 1.33. The number of para-hydroxylation sites is 1. The van der Waals surface area contributed by atoms with Gasteiger partial charge in [0, 0.05) is 5.56 Å². The lowest BCUT2D eigenvalue weighted by Crippen LogP contribution is -2.14. The fraction of sp³-hybridized carbons (Fsp3) is 0. The Kier molecular flexibility index (Phi) is 2.57. The number of amidine groups is 1. The lowest BCUT2D eigenvalue weighted by molar-refractivity contribution is -0.384. The molecule has 0 spiro atoms. The maximum absolute atomic E-state index is 10.5. The molecule has 1 aromatic carbocycles. The Bertz CT molecular complexity index is 590. The minimum absolute atomic E-state index is 0.108. The second-order valence-electron chi connectivity index (χ2n) is 3.33. The van der Waals surface area contributed by atoms with Crippen LogP contribution in [0.2, 0.25) is 0 Å². The van der Waals surface area contributed by atoms with Crippen LogP contribution in [0.4, 0.5) is 5.69 Å². The average Bonchev–Trinajstić information content (AvgIpc) is 2.78. The van der Waals surface area contributed by atoms with E-state index in [0.29, 0.717) is 11.3 Å². The summed E-state index contributed by atoms with van der Waals surface area (Å²) in [7, 11) is 0. The Hall–Kier alpha value is -2.70. The van der Waals surface area contributed by atoms with Crippen molar-refractivity contribution in [3.8, 4) is 5.69 Å². The van der Waals surface area contributed by atoms with E-state index in [-0.39, 0.29) is 11.5 Å². The molecule has 2 rings (SSSR count). The van der Waals surface area contributed by atoms with Gasteiger partial charge >= 0.3 is 5.69 Å². The van der Waals surface area contributed by atoms with Crippen LogP contribution in [-0.2, 0) is 0 Å². The first-order valence-electron chi connectivity index (χ1n) is 4.72. The van der Waals surface area contributed by atoms with Crippen LogP contribution in [0.15, 0.2) is 36.7 Å². The highest BCUT2D eigenvalue weighted by atomic mass is 16.6. The molecule has 0 unspecified atom stereocenters. The highest BCUT2D eigenvalue weighted by molar-refractivity contribution is 5.98. The molecule has 0 saturated heterocycles. The number of nitrogens with zero attached hydrogens (tertiary/aromatic N) is 3. The Morgan fingerprint density at radius 3 is 2.76 bits per heavy atom. The molecule has 0 aliphatic carbocycles. The Morgan fingerprint density at radius 2 is 2.18 bits per heavy atom. The molecule has 17 heavy (non-hydrogen) atoms. The van der Waals surface area contributed by atoms with Gasteiger partial charge in [-0.1, -0.05) is 12.1 Å². The molecule has 0 atom stereocenters. The number of nitrogen functional groups attached to an aromatic ring is 1. The van der Waals surface area contributed by atoms with E-state index in [1.165, 1.54) is 10.9 Å². The van der Waals surface area contributed by atoms with Gasteiger partial charge in [0.1, 0.15) is 18.2 Å². The molecule has 7 nitrogen and oxygen atoms in total. The van der Waals surface area contributed by atoms with Crippen molar-refractivity contribution >= 4 is 11.5 Å². The topological polar surface area (TPSA) is 111 Å². The van der Waals surface area contributed by atoms with Crippen LogP contribution in [0.3, 0.4) is 0 Å². The second kappa shape index (κ2) is 4.05. The molecule has 0 aliphatic rings. The van der Waals surface area contributed by atoms with Crippen LogP contribution < -0.4 is 5.73 Å². The Labute approximate surface area is 96.1 Å². The van der Waals surface area contributed by atoms with E-state index in [1.807, 2.05) is 0 Å². The number of hydrogen-bond acceptors (Lipinski definition) is 4. The fourth-order valence-corrected chi connectivity index (χ4v) is 1.44. The van der Waals surface area contributed by atoms with Gasteiger partial charge in [-0.2, -0.15) is 5.10 Å². The molecule has 7 heteroatoms. The molecule has 1 heterocycles. The predicted molar refractivity (Wildman–Crippen MR) is 61.2 cm³/mol. The van der Waals surface area contributed by atoms with Gasteiger partial charge < -0.3 is 5.73 Å². The van der Waals surface area contributed by atoms with Gasteiger partial charge in [-0.05, 0) is 12.1 Å². The summed E-state index contributed by atoms with van der Waals surface area (Å²) in [5.41, 5.74) is 6.33. The number of benzene rings is 1. The fourth-order valence-electron chi connectivity index (χ4n) is 1.44. The summed E-state index contributed by atoms with van der Waals surface area (Å²) in [4.78, 5) is 10.0. The molecule has 2 aromatic rings. The third-order valence-corrected chi connectivity index (χ3v) is 2.22. The molecular formula is C10H9N5O2. The molecular weight excluding hydrogens is 222 g/mol. The first kappa shape index (κ1) is 10.8. The molecule has 0 radical (unpaired) electrons. The number of rotatable bonds is 3. The maximum Gasteiger partial charge on any atom is 0.307 e. The molecule has 0 aliphatic heterocycles. The lowest BCUT2D eigenvalue weighted by Gasteiger charge is -2.06. The molecule has 86 valence electrons. The first-order valence-corrected chi connectivity index (χ1v) is 4.72. The van der Waals surface area contributed by atoms with Crippen LogP contribution in [-0.4, -0.2) is 20.5 Å². The van der Waals surface area contributed by atoms with Crippen LogP contribution in [0.25, 0.3) is 5.69 Å². The summed E-state index contributed by atoms with van der Waals surface area (Å²) >= 11 is 0. The zero-order chi connectivity index (χ0) is 12.4. The highest BCUT2D eigenvalue weighted by Crippen LogP contribution is 2.16. The van der Waals surface area contributed by atoms with Crippen molar-refractivity contribution in [3.63, 3.8) is 0 Å². The van der Waals surface area contributed by atoms with Crippen molar-refractivity contribution in [2.24, 2.45) is 5.73 Å². The molecule has 0 bridgehead atoms. The summed E-state index contributed by atoms with van der Waals surface area (Å²) in [6.45, 7) is 0. The monoisotopic (exact) mass is 231 g/mol. The van der Waals surface area contributed by atoms with E-state index in [9.17, 15) is 10.1 Å². The largest absolute Gasteiger partial charge is 0.384 e. The number of aromatic nitrogens is 2. The Balaban J connectivity index is 2.52. The van der Waals surface area contributed by atoms with Gasteiger partial charge in [0.15, 0.2) is 0 Å². The van der Waals surface area contributed by atoms with Gasteiger partial charge in [-0.15, -0.1) is 0 Å². The third-order valence-electron chi connectivity index (χ3n) is 2.22. The summed E-state index contributed by atoms with van der Waals surface area (Å²) in [6.07, 6.45) is 2.43. The van der Waals surface area contributed by atoms with E-state index in [0.717, 1.165) is 6.20 Å². The van der Waals surface area contributed by atoms with Crippen molar-refractivity contribution < 1.29 is 4.92 Å². The first-order chi connectivity index (χ1) is 8.09. The zero-order valence-corrected chi connectivity index (χ0v) is 8.70. The van der Waals surface area contributed by atoms with Gasteiger partial charge in [0.25, 0.3) is 0 Å². The standard InChI is InChI=1S/C10H9N5O2/c11-10(12)8-3-1-2-4-9(8)14-6-7(5-13-14)15(16)17/h1-6H,(H3,11,12). The quantitative estimate of drug-likeness (QED) is 0.356. The number of nitro groups is 1. The summed E-state index contributed by atoms with van der Waals surface area (Å²) in [6, 6.07) is 6.83. The average molecular weight is 231 g/mol. The highest BCUT2D eigenvalue weighted by Gasteiger charge is 2.12. The van der Waals surface area contributed by atoms with Gasteiger partial charge in [0.05, 0.1) is 10.6 Å². The summed E-state index contributed by atoms with van der Waals surface area (Å²) in [5, 5.41) is 21.8. The van der Waals surface area contributed by atoms with Crippen molar-refractivity contribution in [1.82, 2.24) is 9.78 Å². The van der Waals surface area contributed by atoms with Gasteiger partial charge in [0.2, 0.25) is 0 Å². The van der Waals surface area contributed by atoms with Crippen molar-refractivity contribution in [3.05, 3.63) is 52.3 Å². The number of nitrogens with one attached hydrogen (secondary N) is 1. The Morgan fingerprint density at radius 1 is 1.47 bits per heavy atom. The maximum atomic E-state index is 10.5. The molecule has 0 saturated carbocycles. The van der Waals surface area contributed by atoms with Crippen molar-refractivity contribution in [2.45, 2.75) is 0 Å². The lowest BCUT2D eigenvalue weighted by atomic mass is 10.1. The van der Waals surface area contributed by atoms with E-state index in [4.69, 9.17) is 11.1 Å². The van der Waals surface area contributed by atoms with Crippen LogP contribution in [0, 0.1) is 15.5 Å². The van der Waals surface area contributed by atoms with Gasteiger partial charge in [-0.3, -0.25) is 15.5 Å². The normalized spacial score (nSPS) is 10.1. The van der Waals surface area contributed by atoms with Gasteiger partial charge in [-0.25, -0.2) is 4.68 Å². The molecule has 1 aromatic heterocycles. The SMILES string of the molecule is N=C(N)c1ccccc1-n1cc([N+](=O)[O-])cn1.